The first-order chi connectivity index (χ1) is 8.15. The Labute approximate surface area is 100 Å². The molecule has 0 fully saturated rings. The molecule has 0 saturated heterocycles. The van der Waals surface area contributed by atoms with Crippen LogP contribution in [0.4, 0.5) is 0 Å². The van der Waals surface area contributed by atoms with Crippen LogP contribution < -0.4 is 11.3 Å². The maximum atomic E-state index is 5.64. The highest BCUT2D eigenvalue weighted by molar-refractivity contribution is 5.29. The van der Waals surface area contributed by atoms with E-state index < -0.39 is 0 Å². The number of nitrogens with zero attached hydrogens (tertiary/aromatic N) is 4. The van der Waals surface area contributed by atoms with E-state index in [1.54, 1.807) is 9.36 Å². The van der Waals surface area contributed by atoms with Gasteiger partial charge < -0.3 is 0 Å². The second kappa shape index (κ2) is 4.68. The van der Waals surface area contributed by atoms with Crippen molar-refractivity contribution in [3.05, 3.63) is 35.4 Å². The topological polar surface area (TPSA) is 73.7 Å². The molecule has 0 amide bonds. The van der Waals surface area contributed by atoms with Crippen LogP contribution in [0.3, 0.4) is 0 Å². The highest BCUT2D eigenvalue weighted by atomic mass is 15.3. The lowest BCUT2D eigenvalue weighted by atomic mass is 10.0. The SMILES string of the molecule is CCc1nn(C)cc1C(NN)c1ccn(C)n1. The van der Waals surface area contributed by atoms with Crippen molar-refractivity contribution < 1.29 is 0 Å². The van der Waals surface area contributed by atoms with Gasteiger partial charge in [0.05, 0.1) is 17.4 Å². The molecule has 6 heteroatoms. The molecule has 0 radical (unpaired) electrons. The molecule has 1 atom stereocenters. The Morgan fingerprint density at radius 3 is 2.65 bits per heavy atom. The Balaban J connectivity index is 2.41. The zero-order chi connectivity index (χ0) is 12.4. The van der Waals surface area contributed by atoms with Gasteiger partial charge in [0.15, 0.2) is 0 Å². The monoisotopic (exact) mass is 234 g/mol. The van der Waals surface area contributed by atoms with Gasteiger partial charge in [-0.25, -0.2) is 5.43 Å². The number of hydrogen-bond acceptors (Lipinski definition) is 4. The molecule has 92 valence electrons. The van der Waals surface area contributed by atoms with Gasteiger partial charge in [0, 0.05) is 32.1 Å². The predicted octanol–water partition coefficient (Wildman–Crippen LogP) is 0.269. The second-order valence-corrected chi connectivity index (χ2v) is 4.07. The minimum atomic E-state index is -0.111. The van der Waals surface area contributed by atoms with Crippen LogP contribution >= 0.6 is 0 Å². The molecule has 3 N–H and O–H groups in total. The van der Waals surface area contributed by atoms with Crippen LogP contribution in [-0.4, -0.2) is 19.6 Å². The molecule has 6 nitrogen and oxygen atoms in total. The number of aromatic nitrogens is 4. The molecular weight excluding hydrogens is 216 g/mol. The summed E-state index contributed by atoms with van der Waals surface area (Å²) < 4.78 is 3.57. The standard InChI is InChI=1S/C11H18N6/c1-4-9-8(7-17(3)14-9)11(13-12)10-5-6-16(2)15-10/h5-7,11,13H,4,12H2,1-3H3. The first-order valence-corrected chi connectivity index (χ1v) is 5.63. The van der Waals surface area contributed by atoms with Gasteiger partial charge >= 0.3 is 0 Å². The minimum absolute atomic E-state index is 0.111. The first-order valence-electron chi connectivity index (χ1n) is 5.63. The molecule has 2 aromatic rings. The molecule has 17 heavy (non-hydrogen) atoms. The quantitative estimate of drug-likeness (QED) is 0.588. The number of nitrogens with two attached hydrogens (primary N) is 1. The summed E-state index contributed by atoms with van der Waals surface area (Å²) in [6, 6.07) is 1.84. The van der Waals surface area contributed by atoms with Crippen LogP contribution in [0, 0.1) is 0 Å². The molecule has 0 aliphatic heterocycles. The average molecular weight is 234 g/mol. The largest absolute Gasteiger partial charge is 0.275 e. The predicted molar refractivity (Wildman–Crippen MR) is 65.0 cm³/mol. The van der Waals surface area contributed by atoms with Crippen molar-refractivity contribution in [2.24, 2.45) is 19.9 Å². The lowest BCUT2D eigenvalue weighted by Crippen LogP contribution is -2.29. The molecular formula is C11H18N6. The molecule has 0 spiro atoms. The van der Waals surface area contributed by atoms with E-state index in [-0.39, 0.29) is 6.04 Å². The maximum absolute atomic E-state index is 5.64. The molecule has 2 heterocycles. The number of nitrogens with one attached hydrogen (secondary N) is 1. The van der Waals surface area contributed by atoms with Crippen molar-refractivity contribution in [1.29, 1.82) is 0 Å². The Bertz CT molecular complexity index is 498. The van der Waals surface area contributed by atoms with Crippen LogP contribution in [-0.2, 0) is 20.5 Å². The fraction of sp³-hybridized carbons (Fsp3) is 0.455. The Hall–Kier alpha value is -1.66. The summed E-state index contributed by atoms with van der Waals surface area (Å²) in [7, 11) is 3.80. The summed E-state index contributed by atoms with van der Waals surface area (Å²) in [5.74, 6) is 5.64. The summed E-state index contributed by atoms with van der Waals surface area (Å²) >= 11 is 0. The Morgan fingerprint density at radius 2 is 2.12 bits per heavy atom. The van der Waals surface area contributed by atoms with Gasteiger partial charge in [-0.15, -0.1) is 0 Å². The minimum Gasteiger partial charge on any atom is -0.275 e. The molecule has 1 unspecified atom stereocenters. The van der Waals surface area contributed by atoms with E-state index >= 15 is 0 Å². The third kappa shape index (κ3) is 2.22. The first kappa shape index (κ1) is 11.8. The lowest BCUT2D eigenvalue weighted by molar-refractivity contribution is 0.599. The van der Waals surface area contributed by atoms with Crippen molar-refractivity contribution in [3.63, 3.8) is 0 Å². The summed E-state index contributed by atoms with van der Waals surface area (Å²) in [6.45, 7) is 2.08. The molecule has 0 aliphatic carbocycles. The number of aryl methyl sites for hydroxylation is 3. The Kier molecular flexibility index (Phi) is 3.26. The van der Waals surface area contributed by atoms with Crippen LogP contribution in [0.1, 0.15) is 29.9 Å². The smallest absolute Gasteiger partial charge is 0.0932 e. The van der Waals surface area contributed by atoms with E-state index in [4.69, 9.17) is 5.84 Å². The van der Waals surface area contributed by atoms with Crippen molar-refractivity contribution >= 4 is 0 Å². The van der Waals surface area contributed by atoms with Crippen molar-refractivity contribution in [1.82, 2.24) is 25.0 Å². The third-order valence-corrected chi connectivity index (χ3v) is 2.78. The average Bonchev–Trinajstić information content (AvgIpc) is 2.87. The van der Waals surface area contributed by atoms with Crippen LogP contribution in [0.25, 0.3) is 0 Å². The normalized spacial score (nSPS) is 12.9. The number of hydrazine groups is 1. The second-order valence-electron chi connectivity index (χ2n) is 4.07. The van der Waals surface area contributed by atoms with Crippen molar-refractivity contribution in [2.75, 3.05) is 0 Å². The molecule has 2 rings (SSSR count). The van der Waals surface area contributed by atoms with Gasteiger partial charge in [-0.05, 0) is 12.5 Å². The molecule has 0 bridgehead atoms. The van der Waals surface area contributed by atoms with Gasteiger partial charge in [0.1, 0.15) is 0 Å². The van der Waals surface area contributed by atoms with E-state index in [2.05, 4.69) is 22.5 Å². The lowest BCUT2D eigenvalue weighted by Gasteiger charge is -2.12. The van der Waals surface area contributed by atoms with Gasteiger partial charge in [-0.2, -0.15) is 10.2 Å². The van der Waals surface area contributed by atoms with Gasteiger partial charge in [0.25, 0.3) is 0 Å². The summed E-state index contributed by atoms with van der Waals surface area (Å²) in [6.07, 6.45) is 4.76. The van der Waals surface area contributed by atoms with Crippen LogP contribution in [0.5, 0.6) is 0 Å². The van der Waals surface area contributed by atoms with E-state index in [0.29, 0.717) is 0 Å². The van der Waals surface area contributed by atoms with Gasteiger partial charge in [-0.3, -0.25) is 15.2 Å². The summed E-state index contributed by atoms with van der Waals surface area (Å²) in [5, 5.41) is 8.80. The van der Waals surface area contributed by atoms with E-state index in [9.17, 15) is 0 Å². The zero-order valence-electron chi connectivity index (χ0n) is 10.4. The maximum Gasteiger partial charge on any atom is 0.0932 e. The van der Waals surface area contributed by atoms with Crippen LogP contribution in [0.2, 0.25) is 0 Å². The number of rotatable bonds is 4. The summed E-state index contributed by atoms with van der Waals surface area (Å²) in [4.78, 5) is 0. The molecule has 0 saturated carbocycles. The summed E-state index contributed by atoms with van der Waals surface area (Å²) in [5.41, 5.74) is 5.83. The molecule has 2 aromatic heterocycles. The van der Waals surface area contributed by atoms with Gasteiger partial charge in [0.2, 0.25) is 0 Å². The highest BCUT2D eigenvalue weighted by Gasteiger charge is 2.20. The van der Waals surface area contributed by atoms with E-state index in [1.807, 2.05) is 32.6 Å². The van der Waals surface area contributed by atoms with Crippen molar-refractivity contribution in [3.8, 4) is 0 Å². The van der Waals surface area contributed by atoms with Gasteiger partial charge in [-0.1, -0.05) is 6.92 Å². The van der Waals surface area contributed by atoms with Crippen molar-refractivity contribution in [2.45, 2.75) is 19.4 Å². The highest BCUT2D eigenvalue weighted by Crippen LogP contribution is 2.22. The van der Waals surface area contributed by atoms with E-state index in [0.717, 1.165) is 23.4 Å². The fourth-order valence-corrected chi connectivity index (χ4v) is 1.99. The van der Waals surface area contributed by atoms with Crippen LogP contribution in [0.15, 0.2) is 18.5 Å². The number of hydrogen-bond donors (Lipinski definition) is 2. The Morgan fingerprint density at radius 1 is 1.35 bits per heavy atom. The molecule has 0 aromatic carbocycles. The molecule has 0 aliphatic rings. The van der Waals surface area contributed by atoms with E-state index in [1.165, 1.54) is 0 Å². The zero-order valence-corrected chi connectivity index (χ0v) is 10.4. The third-order valence-electron chi connectivity index (χ3n) is 2.78. The fourth-order valence-electron chi connectivity index (χ4n) is 1.99.